The van der Waals surface area contributed by atoms with E-state index >= 15 is 0 Å². The molecule has 5 N–H and O–H groups in total. The third kappa shape index (κ3) is 7.47. The van der Waals surface area contributed by atoms with Gasteiger partial charge < -0.3 is 25.7 Å². The highest BCUT2D eigenvalue weighted by Gasteiger charge is 2.30. The molecule has 0 bridgehead atoms. The first-order valence-electron chi connectivity index (χ1n) is 6.23. The molecule has 0 radical (unpaired) electrons. The lowest BCUT2D eigenvalue weighted by molar-refractivity contribution is -0.165. The number of aliphatic carboxylic acids is 2. The van der Waals surface area contributed by atoms with Crippen molar-refractivity contribution in [3.63, 3.8) is 0 Å². The van der Waals surface area contributed by atoms with Crippen LogP contribution in [0.15, 0.2) is 24.3 Å². The van der Waals surface area contributed by atoms with Crippen molar-refractivity contribution in [2.45, 2.75) is 25.3 Å². The first kappa shape index (κ1) is 20.7. The minimum absolute atomic E-state index is 0.617. The quantitative estimate of drug-likeness (QED) is 0.542. The molecule has 23 heavy (non-hydrogen) atoms. The van der Waals surface area contributed by atoms with Crippen LogP contribution in [0.4, 0.5) is 18.9 Å². The van der Waals surface area contributed by atoms with Crippen LogP contribution in [0, 0.1) is 0 Å². The number of hydrogen-bond donors (Lipinski definition) is 5. The standard InChI is InChI=1S/C9H10F3N.C4H6O6/c1-2-13-8-5-3-7(4-6-8)9(10,11)12;5-1(3(7)8)2(6)4(9)10/h3-6,13H,2H2,1H3;1-2,5-6H,(H,7,8)(H,9,10). The van der Waals surface area contributed by atoms with Gasteiger partial charge in [0.1, 0.15) is 0 Å². The lowest BCUT2D eigenvalue weighted by Gasteiger charge is -2.07. The number of carboxylic acids is 2. The Kier molecular flexibility index (Phi) is 8.05. The normalized spacial score (nSPS) is 13.3. The Hall–Kier alpha value is -2.33. The van der Waals surface area contributed by atoms with E-state index in [4.69, 9.17) is 20.4 Å². The predicted molar refractivity (Wildman–Crippen MR) is 72.9 cm³/mol. The van der Waals surface area contributed by atoms with Crippen LogP contribution >= 0.6 is 0 Å². The molecular weight excluding hydrogens is 323 g/mol. The maximum absolute atomic E-state index is 12.1. The van der Waals surface area contributed by atoms with Gasteiger partial charge in [-0.05, 0) is 31.2 Å². The largest absolute Gasteiger partial charge is 0.479 e. The van der Waals surface area contributed by atoms with Crippen LogP contribution in [0.5, 0.6) is 0 Å². The van der Waals surface area contributed by atoms with Gasteiger partial charge in [-0.2, -0.15) is 13.2 Å². The van der Waals surface area contributed by atoms with E-state index in [1.165, 1.54) is 12.1 Å². The van der Waals surface area contributed by atoms with E-state index in [1.807, 2.05) is 6.92 Å². The van der Waals surface area contributed by atoms with Gasteiger partial charge in [-0.3, -0.25) is 0 Å². The van der Waals surface area contributed by atoms with Crippen LogP contribution in [0.3, 0.4) is 0 Å². The molecule has 0 heterocycles. The first-order chi connectivity index (χ1) is 10.5. The van der Waals surface area contributed by atoms with Gasteiger partial charge in [-0.25, -0.2) is 9.59 Å². The van der Waals surface area contributed by atoms with Gasteiger partial charge in [-0.1, -0.05) is 0 Å². The summed E-state index contributed by atoms with van der Waals surface area (Å²) in [5.74, 6) is -3.54. The number of alkyl halides is 3. The van der Waals surface area contributed by atoms with E-state index in [-0.39, 0.29) is 0 Å². The number of carbonyl (C=O) groups is 2. The molecule has 10 heteroatoms. The molecule has 0 aromatic heterocycles. The topological polar surface area (TPSA) is 127 Å². The summed E-state index contributed by atoms with van der Waals surface area (Å²) in [5, 5.41) is 35.4. The Morgan fingerprint density at radius 1 is 1.04 bits per heavy atom. The van der Waals surface area contributed by atoms with Crippen molar-refractivity contribution >= 4 is 17.6 Å². The average molecular weight is 339 g/mol. The summed E-state index contributed by atoms with van der Waals surface area (Å²) in [6.45, 7) is 2.59. The second-order valence-corrected chi connectivity index (χ2v) is 4.17. The number of benzene rings is 1. The number of carboxylic acid groups (broad SMARTS) is 2. The monoisotopic (exact) mass is 339 g/mol. The summed E-state index contributed by atoms with van der Waals surface area (Å²) in [5.41, 5.74) is 0.0876. The molecule has 0 spiro atoms. The van der Waals surface area contributed by atoms with Gasteiger partial charge in [0.05, 0.1) is 5.56 Å². The van der Waals surface area contributed by atoms with Gasteiger partial charge in [0.15, 0.2) is 12.2 Å². The summed E-state index contributed by atoms with van der Waals surface area (Å²) < 4.78 is 36.3. The number of hydrogen-bond acceptors (Lipinski definition) is 5. The Morgan fingerprint density at radius 2 is 1.43 bits per heavy atom. The van der Waals surface area contributed by atoms with Crippen molar-refractivity contribution in [3.05, 3.63) is 29.8 Å². The minimum atomic E-state index is -4.25. The molecule has 1 aromatic carbocycles. The van der Waals surface area contributed by atoms with Crippen LogP contribution in [0.25, 0.3) is 0 Å². The second-order valence-electron chi connectivity index (χ2n) is 4.17. The average Bonchev–Trinajstić information content (AvgIpc) is 2.46. The summed E-state index contributed by atoms with van der Waals surface area (Å²) in [6, 6.07) is 4.98. The van der Waals surface area contributed by atoms with E-state index in [0.29, 0.717) is 12.2 Å². The summed E-state index contributed by atoms with van der Waals surface area (Å²) in [7, 11) is 0. The fourth-order valence-electron chi connectivity index (χ4n) is 1.25. The lowest BCUT2D eigenvalue weighted by atomic mass is 10.2. The van der Waals surface area contributed by atoms with Crippen LogP contribution in [0.2, 0.25) is 0 Å². The third-order valence-electron chi connectivity index (χ3n) is 2.40. The first-order valence-corrected chi connectivity index (χ1v) is 6.23. The Labute approximate surface area is 129 Å². The molecule has 0 saturated heterocycles. The zero-order chi connectivity index (χ0) is 18.2. The van der Waals surface area contributed by atoms with Crippen LogP contribution in [-0.2, 0) is 15.8 Å². The molecule has 1 rings (SSSR count). The second kappa shape index (κ2) is 8.96. The van der Waals surface area contributed by atoms with E-state index in [9.17, 15) is 22.8 Å². The molecule has 7 nitrogen and oxygen atoms in total. The predicted octanol–water partition coefficient (Wildman–Crippen LogP) is 1.01. The molecule has 0 amide bonds. The number of rotatable bonds is 5. The van der Waals surface area contributed by atoms with E-state index in [2.05, 4.69) is 5.32 Å². The number of aliphatic hydroxyl groups excluding tert-OH is 2. The molecule has 0 aliphatic carbocycles. The van der Waals surface area contributed by atoms with Crippen molar-refractivity contribution in [2.75, 3.05) is 11.9 Å². The summed E-state index contributed by atoms with van der Waals surface area (Å²) in [4.78, 5) is 19.5. The number of halogens is 3. The number of aliphatic hydroxyl groups is 2. The molecule has 0 fully saturated rings. The van der Waals surface area contributed by atoms with Gasteiger partial charge in [0.2, 0.25) is 0 Å². The molecule has 0 aliphatic rings. The molecule has 2 unspecified atom stereocenters. The smallest absolute Gasteiger partial charge is 0.416 e. The van der Waals surface area contributed by atoms with Crippen molar-refractivity contribution in [1.82, 2.24) is 0 Å². The highest BCUT2D eigenvalue weighted by molar-refractivity contribution is 5.83. The van der Waals surface area contributed by atoms with Crippen LogP contribution in [0.1, 0.15) is 12.5 Å². The Morgan fingerprint density at radius 3 is 1.70 bits per heavy atom. The molecule has 0 aliphatic heterocycles. The Balaban J connectivity index is 0.000000438. The third-order valence-corrected chi connectivity index (χ3v) is 2.40. The molecular formula is C13H16F3NO6. The SMILES string of the molecule is CCNc1ccc(C(F)(F)F)cc1.O=C(O)C(O)C(O)C(=O)O. The highest BCUT2D eigenvalue weighted by atomic mass is 19.4. The van der Waals surface area contributed by atoms with E-state index in [1.54, 1.807) is 0 Å². The van der Waals surface area contributed by atoms with Crippen LogP contribution in [-0.4, -0.2) is 51.1 Å². The molecule has 2 atom stereocenters. The molecule has 0 saturated carbocycles. The minimum Gasteiger partial charge on any atom is -0.479 e. The van der Waals surface area contributed by atoms with Crippen LogP contribution < -0.4 is 5.32 Å². The van der Waals surface area contributed by atoms with Gasteiger partial charge in [0.25, 0.3) is 0 Å². The Bertz CT molecular complexity index is 499. The maximum Gasteiger partial charge on any atom is 0.416 e. The number of nitrogens with one attached hydrogen (secondary N) is 1. The summed E-state index contributed by atoms with van der Waals surface area (Å²) in [6.07, 6.45) is -8.78. The summed E-state index contributed by atoms with van der Waals surface area (Å²) >= 11 is 0. The fourth-order valence-corrected chi connectivity index (χ4v) is 1.25. The molecule has 130 valence electrons. The zero-order valence-electron chi connectivity index (χ0n) is 11.9. The van der Waals surface area contributed by atoms with Crippen molar-refractivity contribution in [1.29, 1.82) is 0 Å². The van der Waals surface area contributed by atoms with Gasteiger partial charge in [-0.15, -0.1) is 0 Å². The maximum atomic E-state index is 12.1. The van der Waals surface area contributed by atoms with Crippen molar-refractivity contribution in [3.8, 4) is 0 Å². The fraction of sp³-hybridized carbons (Fsp3) is 0.385. The highest BCUT2D eigenvalue weighted by Crippen LogP contribution is 2.29. The zero-order valence-corrected chi connectivity index (χ0v) is 11.9. The van der Waals surface area contributed by atoms with Crippen molar-refractivity contribution < 1.29 is 43.2 Å². The van der Waals surface area contributed by atoms with Gasteiger partial charge >= 0.3 is 18.1 Å². The lowest BCUT2D eigenvalue weighted by Crippen LogP contribution is -2.39. The van der Waals surface area contributed by atoms with E-state index < -0.39 is 35.9 Å². The molecule has 1 aromatic rings. The van der Waals surface area contributed by atoms with Crippen molar-refractivity contribution in [2.24, 2.45) is 0 Å². The number of anilines is 1. The van der Waals surface area contributed by atoms with Gasteiger partial charge in [0, 0.05) is 12.2 Å². The van der Waals surface area contributed by atoms with E-state index in [0.717, 1.165) is 12.1 Å².